The third-order valence-corrected chi connectivity index (χ3v) is 4.35. The van der Waals surface area contributed by atoms with Crippen molar-refractivity contribution in [2.45, 2.75) is 32.8 Å². The summed E-state index contributed by atoms with van der Waals surface area (Å²) in [7, 11) is 0. The van der Waals surface area contributed by atoms with Crippen molar-refractivity contribution >= 4 is 0 Å². The molecule has 0 spiro atoms. The molecule has 0 amide bonds. The lowest BCUT2D eigenvalue weighted by molar-refractivity contribution is 0.106. The van der Waals surface area contributed by atoms with Crippen LogP contribution in [0.5, 0.6) is 17.2 Å². The summed E-state index contributed by atoms with van der Waals surface area (Å²) in [4.78, 5) is 0. The normalized spacial score (nSPS) is 11.7. The lowest BCUT2D eigenvalue weighted by Crippen LogP contribution is -2.32. The van der Waals surface area contributed by atoms with Gasteiger partial charge in [0.2, 0.25) is 0 Å². The quantitative estimate of drug-likeness (QED) is 0.374. The summed E-state index contributed by atoms with van der Waals surface area (Å²) in [5.74, 6) is 2.35. The molecule has 0 radical (unpaired) electrons. The third-order valence-electron chi connectivity index (χ3n) is 4.35. The summed E-state index contributed by atoms with van der Waals surface area (Å²) >= 11 is 0. The summed E-state index contributed by atoms with van der Waals surface area (Å²) in [5.41, 5.74) is 2.23. The van der Waals surface area contributed by atoms with Crippen LogP contribution < -0.4 is 19.5 Å². The Morgan fingerprint density at radius 1 is 1.00 bits per heavy atom. The van der Waals surface area contributed by atoms with Gasteiger partial charge in [-0.3, -0.25) is 0 Å². The van der Waals surface area contributed by atoms with E-state index in [1.165, 1.54) is 0 Å². The molecule has 29 heavy (non-hydrogen) atoms. The van der Waals surface area contributed by atoms with E-state index in [0.717, 1.165) is 47.8 Å². The molecule has 0 aliphatic heterocycles. The molecule has 0 aliphatic rings. The van der Waals surface area contributed by atoms with Crippen LogP contribution in [-0.4, -0.2) is 44.1 Å². The van der Waals surface area contributed by atoms with Crippen molar-refractivity contribution in [2.75, 3.05) is 32.9 Å². The van der Waals surface area contributed by atoms with Crippen LogP contribution in [0.1, 0.15) is 25.0 Å². The zero-order chi connectivity index (χ0) is 20.9. The van der Waals surface area contributed by atoms with Gasteiger partial charge in [0.25, 0.3) is 0 Å². The minimum atomic E-state index is -0.578. The van der Waals surface area contributed by atoms with Crippen LogP contribution >= 0.6 is 0 Å². The zero-order valence-corrected chi connectivity index (χ0v) is 17.5. The molecule has 1 atom stereocenters. The van der Waals surface area contributed by atoms with Gasteiger partial charge in [0.1, 0.15) is 18.5 Å². The fourth-order valence-electron chi connectivity index (χ4n) is 2.97. The summed E-state index contributed by atoms with van der Waals surface area (Å²) in [6.45, 7) is 10.4. The second-order valence-corrected chi connectivity index (χ2v) is 6.67. The van der Waals surface area contributed by atoms with Crippen LogP contribution in [0.2, 0.25) is 0 Å². The Morgan fingerprint density at radius 2 is 1.76 bits per heavy atom. The first-order valence-electron chi connectivity index (χ1n) is 10.3. The minimum Gasteiger partial charge on any atom is -0.491 e. The SMILES string of the molecule is C=CCc1ccccc1OCC(O)CNCCc1ccc(OCC)c(OCC)c1. The number of aliphatic hydroxyl groups excluding tert-OH is 1. The molecule has 0 bridgehead atoms. The van der Waals surface area contributed by atoms with Gasteiger partial charge in [0, 0.05) is 6.54 Å². The highest BCUT2D eigenvalue weighted by Crippen LogP contribution is 2.28. The van der Waals surface area contributed by atoms with E-state index in [2.05, 4.69) is 11.9 Å². The second kappa shape index (κ2) is 12.9. The van der Waals surface area contributed by atoms with Gasteiger partial charge in [-0.25, -0.2) is 0 Å². The summed E-state index contributed by atoms with van der Waals surface area (Å²) in [5, 5.41) is 13.5. The van der Waals surface area contributed by atoms with E-state index < -0.39 is 6.10 Å². The number of hydrogen-bond acceptors (Lipinski definition) is 5. The predicted molar refractivity (Wildman–Crippen MR) is 117 cm³/mol. The molecule has 1 unspecified atom stereocenters. The fraction of sp³-hybridized carbons (Fsp3) is 0.417. The Labute approximate surface area is 174 Å². The lowest BCUT2D eigenvalue weighted by Gasteiger charge is -2.15. The Morgan fingerprint density at radius 3 is 2.52 bits per heavy atom. The van der Waals surface area contributed by atoms with Crippen molar-refractivity contribution in [1.29, 1.82) is 0 Å². The lowest BCUT2D eigenvalue weighted by atomic mass is 10.1. The minimum absolute atomic E-state index is 0.249. The van der Waals surface area contributed by atoms with E-state index in [9.17, 15) is 5.11 Å². The third kappa shape index (κ3) is 7.80. The van der Waals surface area contributed by atoms with E-state index >= 15 is 0 Å². The zero-order valence-electron chi connectivity index (χ0n) is 17.5. The highest BCUT2D eigenvalue weighted by molar-refractivity contribution is 5.43. The van der Waals surface area contributed by atoms with Crippen LogP contribution in [0.15, 0.2) is 55.1 Å². The van der Waals surface area contributed by atoms with Crippen molar-refractivity contribution in [3.63, 3.8) is 0 Å². The van der Waals surface area contributed by atoms with Crippen LogP contribution in [0.25, 0.3) is 0 Å². The highest BCUT2D eigenvalue weighted by Gasteiger charge is 2.09. The smallest absolute Gasteiger partial charge is 0.161 e. The van der Waals surface area contributed by atoms with Gasteiger partial charge >= 0.3 is 0 Å². The number of allylic oxidation sites excluding steroid dienone is 1. The standard InChI is InChI=1S/C24H33NO4/c1-4-9-20-10-7-8-11-22(20)29-18-21(26)17-25-15-14-19-12-13-23(27-5-2)24(16-19)28-6-3/h4,7-8,10-13,16,21,25-26H,1,5-6,9,14-15,17-18H2,2-3H3. The number of nitrogens with one attached hydrogen (secondary N) is 1. The molecule has 0 saturated carbocycles. The molecule has 0 fully saturated rings. The molecule has 2 aromatic carbocycles. The Hall–Kier alpha value is -2.50. The Balaban J connectivity index is 1.74. The molecule has 158 valence electrons. The summed E-state index contributed by atoms with van der Waals surface area (Å²) in [6.07, 6.45) is 2.85. The summed E-state index contributed by atoms with van der Waals surface area (Å²) < 4.78 is 17.0. The van der Waals surface area contributed by atoms with E-state index in [4.69, 9.17) is 14.2 Å². The molecule has 0 aliphatic carbocycles. The average Bonchev–Trinajstić information content (AvgIpc) is 2.73. The first-order valence-corrected chi connectivity index (χ1v) is 10.3. The van der Waals surface area contributed by atoms with E-state index in [1.54, 1.807) is 0 Å². The van der Waals surface area contributed by atoms with E-state index in [0.29, 0.717) is 19.8 Å². The molecule has 0 heterocycles. The van der Waals surface area contributed by atoms with Gasteiger partial charge in [-0.15, -0.1) is 6.58 Å². The number of ether oxygens (including phenoxy) is 3. The van der Waals surface area contributed by atoms with Gasteiger partial charge in [0.05, 0.1) is 13.2 Å². The molecule has 5 nitrogen and oxygen atoms in total. The van der Waals surface area contributed by atoms with Gasteiger partial charge in [-0.2, -0.15) is 0 Å². The number of aliphatic hydroxyl groups is 1. The van der Waals surface area contributed by atoms with Crippen molar-refractivity contribution in [3.8, 4) is 17.2 Å². The Kier molecular flexibility index (Phi) is 10.1. The number of para-hydroxylation sites is 1. The van der Waals surface area contributed by atoms with Gasteiger partial charge < -0.3 is 24.6 Å². The average molecular weight is 400 g/mol. The van der Waals surface area contributed by atoms with Crippen molar-refractivity contribution < 1.29 is 19.3 Å². The Bertz CT molecular complexity index is 747. The maximum atomic E-state index is 10.2. The van der Waals surface area contributed by atoms with Crippen molar-refractivity contribution in [1.82, 2.24) is 5.32 Å². The molecule has 5 heteroatoms. The maximum Gasteiger partial charge on any atom is 0.161 e. The predicted octanol–water partition coefficient (Wildman–Crippen LogP) is 3.78. The molecule has 2 N–H and O–H groups in total. The monoisotopic (exact) mass is 399 g/mol. The molecular formula is C24H33NO4. The second-order valence-electron chi connectivity index (χ2n) is 6.67. The fourth-order valence-corrected chi connectivity index (χ4v) is 2.97. The molecule has 0 saturated heterocycles. The first-order chi connectivity index (χ1) is 14.2. The van der Waals surface area contributed by atoms with Crippen molar-refractivity contribution in [2.24, 2.45) is 0 Å². The number of rotatable bonds is 14. The highest BCUT2D eigenvalue weighted by atomic mass is 16.5. The molecule has 2 aromatic rings. The van der Waals surface area contributed by atoms with E-state index in [-0.39, 0.29) is 6.61 Å². The van der Waals surface area contributed by atoms with Crippen LogP contribution in [0.3, 0.4) is 0 Å². The van der Waals surface area contributed by atoms with Crippen LogP contribution in [-0.2, 0) is 12.8 Å². The van der Waals surface area contributed by atoms with E-state index in [1.807, 2.05) is 62.4 Å². The topological polar surface area (TPSA) is 60.0 Å². The largest absolute Gasteiger partial charge is 0.491 e. The van der Waals surface area contributed by atoms with Crippen molar-refractivity contribution in [3.05, 3.63) is 66.2 Å². The molecule has 2 rings (SSSR count). The summed E-state index contributed by atoms with van der Waals surface area (Å²) in [6, 6.07) is 13.8. The van der Waals surface area contributed by atoms with Gasteiger partial charge in [-0.05, 0) is 62.6 Å². The maximum absolute atomic E-state index is 10.2. The number of hydrogen-bond donors (Lipinski definition) is 2. The van der Waals surface area contributed by atoms with Crippen LogP contribution in [0, 0.1) is 0 Å². The van der Waals surface area contributed by atoms with Gasteiger partial charge in [-0.1, -0.05) is 30.3 Å². The van der Waals surface area contributed by atoms with Crippen LogP contribution in [0.4, 0.5) is 0 Å². The first kappa shape index (κ1) is 22.8. The van der Waals surface area contributed by atoms with Gasteiger partial charge in [0.15, 0.2) is 11.5 Å². The molecule has 0 aromatic heterocycles. The number of benzene rings is 2. The molecular weight excluding hydrogens is 366 g/mol.